The van der Waals surface area contributed by atoms with Crippen molar-refractivity contribution in [1.82, 2.24) is 10.2 Å². The average Bonchev–Trinajstić information content (AvgIpc) is 3.12. The van der Waals surface area contributed by atoms with Gasteiger partial charge in [-0.2, -0.15) is 0 Å². The van der Waals surface area contributed by atoms with Crippen LogP contribution < -0.4 is 5.32 Å². The Hall–Kier alpha value is -0.800. The lowest BCUT2D eigenvalue weighted by Crippen LogP contribution is -2.30. The Bertz CT molecular complexity index is 357. The third-order valence-corrected chi connectivity index (χ3v) is 3.97. The van der Waals surface area contributed by atoms with E-state index in [9.17, 15) is 0 Å². The van der Waals surface area contributed by atoms with Crippen LogP contribution in [0.4, 0.5) is 0 Å². The molecule has 1 aliphatic rings. The van der Waals surface area contributed by atoms with Gasteiger partial charge in [0.25, 0.3) is 0 Å². The van der Waals surface area contributed by atoms with Gasteiger partial charge >= 0.3 is 0 Å². The highest BCUT2D eigenvalue weighted by atomic mass is 16.3. The van der Waals surface area contributed by atoms with E-state index in [0.717, 1.165) is 31.3 Å². The molecule has 3 heteroatoms. The van der Waals surface area contributed by atoms with E-state index in [1.807, 2.05) is 6.26 Å². The smallest absolute Gasteiger partial charge is 0.122 e. The number of hydrogen-bond acceptors (Lipinski definition) is 3. The zero-order valence-corrected chi connectivity index (χ0v) is 11.9. The number of nitrogens with zero attached hydrogens (tertiary/aromatic N) is 1. The molecule has 0 radical (unpaired) electrons. The molecule has 102 valence electrons. The Labute approximate surface area is 111 Å². The van der Waals surface area contributed by atoms with E-state index in [4.69, 9.17) is 4.42 Å². The molecule has 0 bridgehead atoms. The van der Waals surface area contributed by atoms with Crippen molar-refractivity contribution in [3.05, 3.63) is 23.7 Å². The maximum Gasteiger partial charge on any atom is 0.122 e. The van der Waals surface area contributed by atoms with Gasteiger partial charge in [-0.3, -0.25) is 4.90 Å². The van der Waals surface area contributed by atoms with Crippen molar-refractivity contribution in [3.63, 3.8) is 0 Å². The van der Waals surface area contributed by atoms with Crippen LogP contribution in [0.15, 0.2) is 16.7 Å². The van der Waals surface area contributed by atoms with E-state index in [1.165, 1.54) is 24.8 Å². The van der Waals surface area contributed by atoms with Crippen LogP contribution in [0.2, 0.25) is 0 Å². The second kappa shape index (κ2) is 6.39. The quantitative estimate of drug-likeness (QED) is 0.719. The maximum atomic E-state index is 5.63. The van der Waals surface area contributed by atoms with Gasteiger partial charge in [-0.05, 0) is 51.8 Å². The summed E-state index contributed by atoms with van der Waals surface area (Å²) in [5, 5.41) is 3.44. The molecular weight excluding hydrogens is 224 g/mol. The monoisotopic (exact) mass is 250 g/mol. The number of hydrogen-bond donors (Lipinski definition) is 1. The largest absolute Gasteiger partial charge is 0.468 e. The molecule has 0 saturated heterocycles. The number of nitrogens with one attached hydrogen (secondary N) is 1. The van der Waals surface area contributed by atoms with Gasteiger partial charge < -0.3 is 9.73 Å². The van der Waals surface area contributed by atoms with Crippen LogP contribution >= 0.6 is 0 Å². The van der Waals surface area contributed by atoms with Crippen molar-refractivity contribution in [1.29, 1.82) is 0 Å². The summed E-state index contributed by atoms with van der Waals surface area (Å²) in [7, 11) is 2.20. The molecule has 1 fully saturated rings. The molecule has 1 atom stereocenters. The highest BCUT2D eigenvalue weighted by molar-refractivity contribution is 5.17. The Kier molecular flexibility index (Phi) is 4.84. The fourth-order valence-electron chi connectivity index (χ4n) is 2.37. The van der Waals surface area contributed by atoms with Gasteiger partial charge in [0, 0.05) is 18.2 Å². The van der Waals surface area contributed by atoms with Crippen molar-refractivity contribution < 1.29 is 4.42 Å². The van der Waals surface area contributed by atoms with Crippen molar-refractivity contribution in [2.75, 3.05) is 13.6 Å². The lowest BCUT2D eigenvalue weighted by Gasteiger charge is -2.23. The molecule has 1 saturated carbocycles. The first-order valence-corrected chi connectivity index (χ1v) is 7.18. The molecule has 1 aromatic rings. The highest BCUT2D eigenvalue weighted by Crippen LogP contribution is 2.35. The van der Waals surface area contributed by atoms with Crippen LogP contribution in [0.5, 0.6) is 0 Å². The molecule has 18 heavy (non-hydrogen) atoms. The topological polar surface area (TPSA) is 28.4 Å². The van der Waals surface area contributed by atoms with Crippen molar-refractivity contribution in [2.45, 2.75) is 52.2 Å². The van der Waals surface area contributed by atoms with Gasteiger partial charge in [0.15, 0.2) is 0 Å². The minimum Gasteiger partial charge on any atom is -0.468 e. The third kappa shape index (κ3) is 3.59. The van der Waals surface area contributed by atoms with Crippen molar-refractivity contribution in [2.24, 2.45) is 5.92 Å². The Morgan fingerprint density at radius 2 is 2.28 bits per heavy atom. The average molecular weight is 250 g/mol. The van der Waals surface area contributed by atoms with Crippen LogP contribution in [0.25, 0.3) is 0 Å². The Morgan fingerprint density at radius 1 is 1.50 bits per heavy atom. The summed E-state index contributed by atoms with van der Waals surface area (Å²) in [6.45, 7) is 7.43. The van der Waals surface area contributed by atoms with E-state index >= 15 is 0 Å². The van der Waals surface area contributed by atoms with Crippen molar-refractivity contribution in [3.8, 4) is 0 Å². The lowest BCUT2D eigenvalue weighted by molar-refractivity contribution is 0.209. The fraction of sp³-hybridized carbons (Fsp3) is 0.733. The van der Waals surface area contributed by atoms with Gasteiger partial charge in [0.05, 0.1) is 12.8 Å². The minimum atomic E-state index is 0.673. The molecule has 0 aromatic carbocycles. The zero-order chi connectivity index (χ0) is 13.0. The second-order valence-corrected chi connectivity index (χ2v) is 5.54. The normalized spacial score (nSPS) is 17.3. The van der Waals surface area contributed by atoms with Gasteiger partial charge in [0.2, 0.25) is 0 Å². The third-order valence-electron chi connectivity index (χ3n) is 3.97. The molecule has 0 spiro atoms. The molecule has 0 amide bonds. The standard InChI is InChI=1S/C15H26N2O/c1-4-8-16-10-14-7-9-18-15(14)11-17(3)12(2)13-5-6-13/h7,9,12-13,16H,4-6,8,10-11H2,1-3H3. The lowest BCUT2D eigenvalue weighted by atomic mass is 10.1. The molecule has 1 aliphatic carbocycles. The van der Waals surface area contributed by atoms with Gasteiger partial charge in [-0.15, -0.1) is 0 Å². The minimum absolute atomic E-state index is 0.673. The summed E-state index contributed by atoms with van der Waals surface area (Å²) >= 11 is 0. The van der Waals surface area contributed by atoms with E-state index in [-0.39, 0.29) is 0 Å². The molecule has 1 heterocycles. The Balaban J connectivity index is 1.85. The predicted molar refractivity (Wildman–Crippen MR) is 74.4 cm³/mol. The Morgan fingerprint density at radius 3 is 2.94 bits per heavy atom. The first kappa shape index (κ1) is 13.6. The van der Waals surface area contributed by atoms with Crippen LogP contribution in [-0.4, -0.2) is 24.5 Å². The summed E-state index contributed by atoms with van der Waals surface area (Å²) in [5.41, 5.74) is 1.30. The van der Waals surface area contributed by atoms with Gasteiger partial charge in [-0.25, -0.2) is 0 Å². The van der Waals surface area contributed by atoms with Crippen LogP contribution in [0.3, 0.4) is 0 Å². The van der Waals surface area contributed by atoms with Gasteiger partial charge in [0.1, 0.15) is 5.76 Å². The van der Waals surface area contributed by atoms with Gasteiger partial charge in [-0.1, -0.05) is 6.92 Å². The molecule has 1 aromatic heterocycles. The zero-order valence-electron chi connectivity index (χ0n) is 11.9. The fourth-order valence-corrected chi connectivity index (χ4v) is 2.37. The van der Waals surface area contributed by atoms with E-state index < -0.39 is 0 Å². The number of furan rings is 1. The van der Waals surface area contributed by atoms with Crippen LogP contribution in [0, 0.1) is 5.92 Å². The molecule has 3 nitrogen and oxygen atoms in total. The number of rotatable bonds is 8. The summed E-state index contributed by atoms with van der Waals surface area (Å²) in [4.78, 5) is 2.42. The van der Waals surface area contributed by atoms with Crippen LogP contribution in [0.1, 0.15) is 44.4 Å². The van der Waals surface area contributed by atoms with E-state index in [2.05, 4.69) is 37.2 Å². The maximum absolute atomic E-state index is 5.63. The SMILES string of the molecule is CCCNCc1ccoc1CN(C)C(C)C1CC1. The summed E-state index contributed by atoms with van der Waals surface area (Å²) in [5.74, 6) is 2.03. The van der Waals surface area contributed by atoms with E-state index in [0.29, 0.717) is 6.04 Å². The van der Waals surface area contributed by atoms with E-state index in [1.54, 1.807) is 0 Å². The first-order chi connectivity index (χ1) is 8.72. The summed E-state index contributed by atoms with van der Waals surface area (Å²) < 4.78 is 5.63. The second-order valence-electron chi connectivity index (χ2n) is 5.54. The van der Waals surface area contributed by atoms with Crippen molar-refractivity contribution >= 4 is 0 Å². The molecule has 2 rings (SSSR count). The highest BCUT2D eigenvalue weighted by Gasteiger charge is 2.30. The summed E-state index contributed by atoms with van der Waals surface area (Å²) in [6, 6.07) is 2.76. The molecule has 0 aliphatic heterocycles. The molecule has 1 N–H and O–H groups in total. The predicted octanol–water partition coefficient (Wildman–Crippen LogP) is 3.01. The molecular formula is C15H26N2O. The molecule has 1 unspecified atom stereocenters. The summed E-state index contributed by atoms with van der Waals surface area (Å²) in [6.07, 6.45) is 5.78. The van der Waals surface area contributed by atoms with Crippen LogP contribution in [-0.2, 0) is 13.1 Å². The first-order valence-electron chi connectivity index (χ1n) is 7.18.